The molecule has 0 fully saturated rings. The fourth-order valence-electron chi connectivity index (χ4n) is 1.10. The largest absolute Gasteiger partial charge is 0.491 e. The lowest BCUT2D eigenvalue weighted by Crippen LogP contribution is -2.02. The third kappa shape index (κ3) is 3.20. The molecule has 0 saturated heterocycles. The standard InChI is InChI=1S/C11H15NO2/c12-7-3-5-10-4-1-2-6-11(10)14-9-8-13/h1-6,13H,7-9,12H2/b5-3+. The molecule has 0 radical (unpaired) electrons. The second-order valence-corrected chi connectivity index (χ2v) is 2.75. The number of benzene rings is 1. The van der Waals surface area contributed by atoms with Gasteiger partial charge in [-0.2, -0.15) is 0 Å². The van der Waals surface area contributed by atoms with Crippen molar-refractivity contribution in [3.05, 3.63) is 35.9 Å². The Morgan fingerprint density at radius 1 is 1.36 bits per heavy atom. The lowest BCUT2D eigenvalue weighted by molar-refractivity contribution is 0.201. The van der Waals surface area contributed by atoms with Crippen LogP contribution < -0.4 is 10.5 Å². The Balaban J connectivity index is 2.74. The minimum atomic E-state index is 0.0228. The fourth-order valence-corrected chi connectivity index (χ4v) is 1.10. The molecule has 3 heteroatoms. The van der Waals surface area contributed by atoms with Crippen molar-refractivity contribution in [1.82, 2.24) is 0 Å². The molecule has 0 atom stereocenters. The van der Waals surface area contributed by atoms with Gasteiger partial charge in [0.15, 0.2) is 0 Å². The van der Waals surface area contributed by atoms with E-state index in [4.69, 9.17) is 15.6 Å². The zero-order valence-electron chi connectivity index (χ0n) is 8.02. The monoisotopic (exact) mass is 193 g/mol. The summed E-state index contributed by atoms with van der Waals surface area (Å²) >= 11 is 0. The number of hydrogen-bond donors (Lipinski definition) is 2. The number of aliphatic hydroxyl groups excluding tert-OH is 1. The summed E-state index contributed by atoms with van der Waals surface area (Å²) in [4.78, 5) is 0. The van der Waals surface area contributed by atoms with Gasteiger partial charge in [-0.05, 0) is 6.07 Å². The Labute approximate surface area is 83.8 Å². The van der Waals surface area contributed by atoms with Crippen LogP contribution in [0.25, 0.3) is 6.08 Å². The van der Waals surface area contributed by atoms with Gasteiger partial charge in [0, 0.05) is 12.1 Å². The third-order valence-electron chi connectivity index (χ3n) is 1.70. The Hall–Kier alpha value is -1.32. The molecule has 0 aliphatic carbocycles. The molecule has 14 heavy (non-hydrogen) atoms. The number of aliphatic hydroxyl groups is 1. The molecule has 0 saturated carbocycles. The van der Waals surface area contributed by atoms with Gasteiger partial charge in [0.1, 0.15) is 12.4 Å². The summed E-state index contributed by atoms with van der Waals surface area (Å²) < 4.78 is 5.34. The normalized spacial score (nSPS) is 10.7. The number of hydrogen-bond acceptors (Lipinski definition) is 3. The van der Waals surface area contributed by atoms with Crippen molar-refractivity contribution in [2.45, 2.75) is 0 Å². The molecule has 1 rings (SSSR count). The van der Waals surface area contributed by atoms with Crippen LogP contribution >= 0.6 is 0 Å². The molecule has 0 heterocycles. The molecule has 0 spiro atoms. The Kier molecular flexibility index (Phi) is 4.75. The molecule has 76 valence electrons. The Morgan fingerprint density at radius 2 is 2.14 bits per heavy atom. The molecular formula is C11H15NO2. The van der Waals surface area contributed by atoms with Crippen LogP contribution in [0, 0.1) is 0 Å². The van der Waals surface area contributed by atoms with Crippen molar-refractivity contribution >= 4 is 6.08 Å². The van der Waals surface area contributed by atoms with Crippen LogP contribution in [0.2, 0.25) is 0 Å². The number of ether oxygens (including phenoxy) is 1. The lowest BCUT2D eigenvalue weighted by atomic mass is 10.2. The van der Waals surface area contributed by atoms with Crippen LogP contribution in [0.4, 0.5) is 0 Å². The van der Waals surface area contributed by atoms with Crippen molar-refractivity contribution in [2.75, 3.05) is 19.8 Å². The highest BCUT2D eigenvalue weighted by Crippen LogP contribution is 2.18. The second kappa shape index (κ2) is 6.18. The van der Waals surface area contributed by atoms with E-state index >= 15 is 0 Å². The minimum Gasteiger partial charge on any atom is -0.491 e. The van der Waals surface area contributed by atoms with E-state index in [9.17, 15) is 0 Å². The van der Waals surface area contributed by atoms with Crippen molar-refractivity contribution in [1.29, 1.82) is 0 Å². The lowest BCUT2D eigenvalue weighted by Gasteiger charge is -2.06. The van der Waals surface area contributed by atoms with Crippen LogP contribution in [-0.2, 0) is 0 Å². The van der Waals surface area contributed by atoms with Crippen LogP contribution in [0.5, 0.6) is 5.75 Å². The third-order valence-corrected chi connectivity index (χ3v) is 1.70. The van der Waals surface area contributed by atoms with E-state index in [1.807, 2.05) is 36.4 Å². The first-order chi connectivity index (χ1) is 6.88. The van der Waals surface area contributed by atoms with Crippen LogP contribution in [-0.4, -0.2) is 24.9 Å². The number of rotatable bonds is 5. The van der Waals surface area contributed by atoms with Gasteiger partial charge >= 0.3 is 0 Å². The van der Waals surface area contributed by atoms with E-state index in [0.29, 0.717) is 13.2 Å². The van der Waals surface area contributed by atoms with Gasteiger partial charge in [-0.25, -0.2) is 0 Å². The minimum absolute atomic E-state index is 0.0228. The fraction of sp³-hybridized carbons (Fsp3) is 0.273. The number of para-hydroxylation sites is 1. The summed E-state index contributed by atoms with van der Waals surface area (Å²) in [7, 11) is 0. The molecular weight excluding hydrogens is 178 g/mol. The number of nitrogens with two attached hydrogens (primary N) is 1. The molecule has 0 amide bonds. The maximum atomic E-state index is 8.63. The topological polar surface area (TPSA) is 55.5 Å². The van der Waals surface area contributed by atoms with Crippen LogP contribution in [0.3, 0.4) is 0 Å². The highest BCUT2D eigenvalue weighted by Gasteiger charge is 1.97. The summed E-state index contributed by atoms with van der Waals surface area (Å²) in [5, 5.41) is 8.63. The molecule has 1 aromatic carbocycles. The van der Waals surface area contributed by atoms with Gasteiger partial charge in [0.05, 0.1) is 6.61 Å². The van der Waals surface area contributed by atoms with Crippen molar-refractivity contribution in [2.24, 2.45) is 5.73 Å². The Bertz CT molecular complexity index is 297. The predicted octanol–water partition coefficient (Wildman–Crippen LogP) is 1.03. The van der Waals surface area contributed by atoms with E-state index < -0.39 is 0 Å². The molecule has 0 aromatic heterocycles. The molecule has 3 nitrogen and oxygen atoms in total. The van der Waals surface area contributed by atoms with Crippen molar-refractivity contribution in [3.63, 3.8) is 0 Å². The van der Waals surface area contributed by atoms with E-state index in [-0.39, 0.29) is 6.61 Å². The highest BCUT2D eigenvalue weighted by atomic mass is 16.5. The first-order valence-electron chi connectivity index (χ1n) is 4.57. The van der Waals surface area contributed by atoms with E-state index in [2.05, 4.69) is 0 Å². The summed E-state index contributed by atoms with van der Waals surface area (Å²) in [5.74, 6) is 0.770. The van der Waals surface area contributed by atoms with E-state index in [1.165, 1.54) is 0 Å². The average molecular weight is 193 g/mol. The maximum absolute atomic E-state index is 8.63. The molecule has 0 bridgehead atoms. The summed E-state index contributed by atoms with van der Waals surface area (Å²) in [6.07, 6.45) is 3.77. The maximum Gasteiger partial charge on any atom is 0.126 e. The van der Waals surface area contributed by atoms with Crippen LogP contribution in [0.15, 0.2) is 30.3 Å². The average Bonchev–Trinajstić information content (AvgIpc) is 2.24. The van der Waals surface area contributed by atoms with Gasteiger partial charge in [-0.15, -0.1) is 0 Å². The van der Waals surface area contributed by atoms with Crippen LogP contribution in [0.1, 0.15) is 5.56 Å². The first-order valence-corrected chi connectivity index (χ1v) is 4.57. The smallest absolute Gasteiger partial charge is 0.126 e. The second-order valence-electron chi connectivity index (χ2n) is 2.75. The van der Waals surface area contributed by atoms with Gasteiger partial charge in [0.25, 0.3) is 0 Å². The molecule has 0 aliphatic heterocycles. The van der Waals surface area contributed by atoms with Crippen molar-refractivity contribution in [3.8, 4) is 5.75 Å². The van der Waals surface area contributed by atoms with Crippen molar-refractivity contribution < 1.29 is 9.84 Å². The van der Waals surface area contributed by atoms with Gasteiger partial charge in [-0.1, -0.05) is 30.4 Å². The SMILES string of the molecule is NC/C=C/c1ccccc1OCCO. The molecule has 0 aliphatic rings. The van der Waals surface area contributed by atoms with Gasteiger partial charge < -0.3 is 15.6 Å². The highest BCUT2D eigenvalue weighted by molar-refractivity contribution is 5.57. The summed E-state index contributed by atoms with van der Waals surface area (Å²) in [6.45, 7) is 0.844. The summed E-state index contributed by atoms with van der Waals surface area (Å²) in [5.41, 5.74) is 6.34. The zero-order valence-corrected chi connectivity index (χ0v) is 8.02. The molecule has 1 aromatic rings. The van der Waals surface area contributed by atoms with Gasteiger partial charge in [0.2, 0.25) is 0 Å². The summed E-state index contributed by atoms with van der Waals surface area (Å²) in [6, 6.07) is 7.64. The predicted molar refractivity (Wildman–Crippen MR) is 57.1 cm³/mol. The Morgan fingerprint density at radius 3 is 2.86 bits per heavy atom. The molecule has 0 unspecified atom stereocenters. The molecule has 3 N–H and O–H groups in total. The first kappa shape index (κ1) is 10.8. The quantitative estimate of drug-likeness (QED) is 0.734. The van der Waals surface area contributed by atoms with Gasteiger partial charge in [-0.3, -0.25) is 0 Å². The van der Waals surface area contributed by atoms with E-state index in [0.717, 1.165) is 11.3 Å². The zero-order chi connectivity index (χ0) is 10.2. The van der Waals surface area contributed by atoms with E-state index in [1.54, 1.807) is 0 Å².